The Hall–Kier alpha value is -1.32. The van der Waals surface area contributed by atoms with Crippen LogP contribution in [0.2, 0.25) is 0 Å². The van der Waals surface area contributed by atoms with Crippen LogP contribution >= 0.6 is 24.0 Å². The number of fused-ring (bicyclic) bond motifs is 1. The molecule has 0 atom stereocenters. The van der Waals surface area contributed by atoms with Gasteiger partial charge in [0.25, 0.3) is 0 Å². The summed E-state index contributed by atoms with van der Waals surface area (Å²) in [6.07, 6.45) is 6.48. The Morgan fingerprint density at radius 2 is 1.75 bits per heavy atom. The molecular formula is C21H35IN4O2. The summed E-state index contributed by atoms with van der Waals surface area (Å²) >= 11 is 0. The first-order chi connectivity index (χ1) is 13.3. The molecule has 7 heteroatoms. The summed E-state index contributed by atoms with van der Waals surface area (Å²) in [5.41, 5.74) is 2.57. The van der Waals surface area contributed by atoms with Crippen LogP contribution in [-0.4, -0.2) is 57.5 Å². The van der Waals surface area contributed by atoms with Crippen molar-refractivity contribution in [3.63, 3.8) is 0 Å². The third-order valence-electron chi connectivity index (χ3n) is 4.37. The third-order valence-corrected chi connectivity index (χ3v) is 4.37. The smallest absolute Gasteiger partial charge is 0.191 e. The van der Waals surface area contributed by atoms with Gasteiger partial charge in [0.05, 0.1) is 19.8 Å². The standard InChI is InChI=1S/C21H34N4O2.HI/c1-3-4-13-26-15-16-27-14-12-24-21(22-2)23-11-7-8-18-17-25-20-10-6-5-9-19(18)20;/h5-6,9-10,17,25H,3-4,7-8,11-16H2,1-2H3,(H2,22,23,24);1H. The highest BCUT2D eigenvalue weighted by atomic mass is 127. The maximum absolute atomic E-state index is 5.55. The number of unbranched alkanes of at least 4 members (excludes halogenated alkanes) is 1. The van der Waals surface area contributed by atoms with Crippen LogP contribution in [0.4, 0.5) is 0 Å². The van der Waals surface area contributed by atoms with Crippen molar-refractivity contribution in [2.24, 2.45) is 4.99 Å². The lowest BCUT2D eigenvalue weighted by Gasteiger charge is -2.12. The summed E-state index contributed by atoms with van der Waals surface area (Å²) in [6, 6.07) is 8.43. The fraction of sp³-hybridized carbons (Fsp3) is 0.571. The molecule has 0 radical (unpaired) electrons. The van der Waals surface area contributed by atoms with E-state index in [4.69, 9.17) is 9.47 Å². The van der Waals surface area contributed by atoms with E-state index in [1.165, 1.54) is 22.9 Å². The van der Waals surface area contributed by atoms with E-state index < -0.39 is 0 Å². The van der Waals surface area contributed by atoms with Crippen LogP contribution in [0.1, 0.15) is 31.7 Å². The molecule has 0 aliphatic heterocycles. The third kappa shape index (κ3) is 9.25. The van der Waals surface area contributed by atoms with E-state index in [1.807, 2.05) is 0 Å². The van der Waals surface area contributed by atoms with Gasteiger partial charge >= 0.3 is 0 Å². The second kappa shape index (κ2) is 15.6. The molecule has 28 heavy (non-hydrogen) atoms. The summed E-state index contributed by atoms with van der Waals surface area (Å²) in [6.45, 7) is 6.56. The highest BCUT2D eigenvalue weighted by Crippen LogP contribution is 2.18. The van der Waals surface area contributed by atoms with Gasteiger partial charge < -0.3 is 25.1 Å². The molecule has 1 aromatic carbocycles. The van der Waals surface area contributed by atoms with Gasteiger partial charge in [-0.15, -0.1) is 24.0 Å². The SMILES string of the molecule is CCCCOCCOCCNC(=NC)NCCCc1c[nH]c2ccccc12.I. The van der Waals surface area contributed by atoms with Gasteiger partial charge in [0, 0.05) is 43.8 Å². The Morgan fingerprint density at radius 1 is 1.00 bits per heavy atom. The molecule has 0 saturated heterocycles. The molecule has 0 aliphatic rings. The van der Waals surface area contributed by atoms with Crippen LogP contribution in [0, 0.1) is 0 Å². The molecular weight excluding hydrogens is 467 g/mol. The monoisotopic (exact) mass is 502 g/mol. The first-order valence-electron chi connectivity index (χ1n) is 10.00. The highest BCUT2D eigenvalue weighted by Gasteiger charge is 2.03. The van der Waals surface area contributed by atoms with Gasteiger partial charge in [0.1, 0.15) is 0 Å². The molecule has 0 aliphatic carbocycles. The lowest BCUT2D eigenvalue weighted by Crippen LogP contribution is -2.39. The van der Waals surface area contributed by atoms with E-state index in [-0.39, 0.29) is 24.0 Å². The number of H-pyrrole nitrogens is 1. The van der Waals surface area contributed by atoms with Crippen molar-refractivity contribution in [2.75, 3.05) is 46.6 Å². The van der Waals surface area contributed by atoms with Gasteiger partial charge in [-0.05, 0) is 30.9 Å². The zero-order chi connectivity index (χ0) is 19.2. The molecule has 1 heterocycles. The Kier molecular flexibility index (Phi) is 13.8. The Labute approximate surface area is 185 Å². The molecule has 6 nitrogen and oxygen atoms in total. The average Bonchev–Trinajstić information content (AvgIpc) is 3.11. The van der Waals surface area contributed by atoms with E-state index in [1.54, 1.807) is 7.05 Å². The summed E-state index contributed by atoms with van der Waals surface area (Å²) in [5, 5.41) is 7.94. The highest BCUT2D eigenvalue weighted by molar-refractivity contribution is 14.0. The van der Waals surface area contributed by atoms with Gasteiger partial charge in [-0.3, -0.25) is 4.99 Å². The molecule has 1 aromatic heterocycles. The van der Waals surface area contributed by atoms with Gasteiger partial charge in [-0.1, -0.05) is 31.5 Å². The molecule has 0 fully saturated rings. The van der Waals surface area contributed by atoms with Gasteiger partial charge in [-0.2, -0.15) is 0 Å². The van der Waals surface area contributed by atoms with E-state index in [9.17, 15) is 0 Å². The van der Waals surface area contributed by atoms with Crippen molar-refractivity contribution in [2.45, 2.75) is 32.6 Å². The number of guanidine groups is 1. The minimum absolute atomic E-state index is 0. The molecule has 158 valence electrons. The molecule has 2 rings (SSSR count). The summed E-state index contributed by atoms with van der Waals surface area (Å²) < 4.78 is 11.0. The number of benzene rings is 1. The van der Waals surface area contributed by atoms with Gasteiger partial charge in [0.15, 0.2) is 5.96 Å². The maximum Gasteiger partial charge on any atom is 0.191 e. The van der Waals surface area contributed by atoms with Crippen LogP contribution in [-0.2, 0) is 15.9 Å². The minimum atomic E-state index is 0. The Bertz CT molecular complexity index is 675. The normalized spacial score (nSPS) is 11.4. The number of hydrogen-bond acceptors (Lipinski definition) is 3. The number of aromatic amines is 1. The molecule has 0 spiro atoms. The van der Waals surface area contributed by atoms with Crippen LogP contribution in [0.3, 0.4) is 0 Å². The number of aryl methyl sites for hydroxylation is 1. The largest absolute Gasteiger partial charge is 0.379 e. The van der Waals surface area contributed by atoms with E-state index in [2.05, 4.69) is 58.0 Å². The predicted molar refractivity (Wildman–Crippen MR) is 128 cm³/mol. The Balaban J connectivity index is 0.00000392. The number of halogens is 1. The first kappa shape index (κ1) is 24.7. The average molecular weight is 502 g/mol. The van der Waals surface area contributed by atoms with Crippen molar-refractivity contribution in [1.82, 2.24) is 15.6 Å². The zero-order valence-electron chi connectivity index (χ0n) is 17.1. The van der Waals surface area contributed by atoms with Crippen molar-refractivity contribution in [3.05, 3.63) is 36.0 Å². The molecule has 2 aromatic rings. The fourth-order valence-electron chi connectivity index (χ4n) is 2.85. The van der Waals surface area contributed by atoms with Gasteiger partial charge in [0.2, 0.25) is 0 Å². The fourth-order valence-corrected chi connectivity index (χ4v) is 2.85. The molecule has 3 N–H and O–H groups in total. The molecule has 0 unspecified atom stereocenters. The molecule has 0 bridgehead atoms. The van der Waals surface area contributed by atoms with Crippen LogP contribution in [0.25, 0.3) is 10.9 Å². The number of nitrogens with one attached hydrogen (secondary N) is 3. The topological polar surface area (TPSA) is 70.7 Å². The van der Waals surface area contributed by atoms with Crippen molar-refractivity contribution in [3.8, 4) is 0 Å². The van der Waals surface area contributed by atoms with Crippen LogP contribution < -0.4 is 10.6 Å². The zero-order valence-corrected chi connectivity index (χ0v) is 19.5. The van der Waals surface area contributed by atoms with Crippen LogP contribution in [0.5, 0.6) is 0 Å². The molecule has 0 saturated carbocycles. The summed E-state index contributed by atoms with van der Waals surface area (Å²) in [7, 11) is 1.79. The second-order valence-corrected chi connectivity index (χ2v) is 6.47. The quantitative estimate of drug-likeness (QED) is 0.169. The van der Waals surface area contributed by atoms with Crippen LogP contribution in [0.15, 0.2) is 35.5 Å². The summed E-state index contributed by atoms with van der Waals surface area (Å²) in [5.74, 6) is 0.816. The number of aromatic nitrogens is 1. The van der Waals surface area contributed by atoms with E-state index in [0.29, 0.717) is 19.8 Å². The lowest BCUT2D eigenvalue weighted by molar-refractivity contribution is 0.0487. The molecule has 0 amide bonds. The number of aliphatic imine (C=N–C) groups is 1. The lowest BCUT2D eigenvalue weighted by atomic mass is 10.1. The number of rotatable bonds is 13. The predicted octanol–water partition coefficient (Wildman–Crippen LogP) is 3.72. The van der Waals surface area contributed by atoms with Crippen molar-refractivity contribution in [1.29, 1.82) is 0 Å². The number of ether oxygens (including phenoxy) is 2. The van der Waals surface area contributed by atoms with Gasteiger partial charge in [-0.25, -0.2) is 0 Å². The van der Waals surface area contributed by atoms with E-state index in [0.717, 1.165) is 44.9 Å². The maximum atomic E-state index is 5.55. The second-order valence-electron chi connectivity index (χ2n) is 6.47. The number of hydrogen-bond donors (Lipinski definition) is 3. The number of para-hydroxylation sites is 1. The Morgan fingerprint density at radius 3 is 2.54 bits per heavy atom. The van der Waals surface area contributed by atoms with Crippen molar-refractivity contribution >= 4 is 40.8 Å². The van der Waals surface area contributed by atoms with E-state index >= 15 is 0 Å². The minimum Gasteiger partial charge on any atom is -0.379 e. The summed E-state index contributed by atoms with van der Waals surface area (Å²) in [4.78, 5) is 7.58. The first-order valence-corrected chi connectivity index (χ1v) is 10.00. The van der Waals surface area contributed by atoms with Crippen molar-refractivity contribution < 1.29 is 9.47 Å². The number of nitrogens with zero attached hydrogens (tertiary/aromatic N) is 1.